The summed E-state index contributed by atoms with van der Waals surface area (Å²) in [5.41, 5.74) is 1.28. The number of ether oxygens (including phenoxy) is 2. The van der Waals surface area contributed by atoms with E-state index < -0.39 is 4.92 Å². The molecule has 4 rings (SSSR count). The summed E-state index contributed by atoms with van der Waals surface area (Å²) in [6.07, 6.45) is 2.09. The van der Waals surface area contributed by atoms with Crippen molar-refractivity contribution < 1.29 is 19.2 Å². The number of amides is 1. The molecule has 1 aromatic carbocycles. The van der Waals surface area contributed by atoms with Gasteiger partial charge in [-0.15, -0.1) is 0 Å². The first-order chi connectivity index (χ1) is 12.1. The second-order valence-electron chi connectivity index (χ2n) is 6.12. The molecule has 25 heavy (non-hydrogen) atoms. The Balaban J connectivity index is 1.55. The first-order valence-electron chi connectivity index (χ1n) is 8.05. The molecule has 1 aliphatic carbocycles. The third-order valence-corrected chi connectivity index (χ3v) is 5.21. The molecule has 1 aromatic heterocycles. The summed E-state index contributed by atoms with van der Waals surface area (Å²) in [6, 6.07) is 6.89. The number of thiophene rings is 1. The van der Waals surface area contributed by atoms with Crippen molar-refractivity contribution >= 4 is 22.2 Å². The molecule has 1 fully saturated rings. The van der Waals surface area contributed by atoms with Crippen LogP contribution in [0.4, 0.5) is 5.00 Å². The van der Waals surface area contributed by atoms with E-state index >= 15 is 0 Å². The Bertz CT molecular complexity index is 830. The van der Waals surface area contributed by atoms with Crippen LogP contribution in [0.1, 0.15) is 34.8 Å². The molecule has 1 unspecified atom stereocenters. The van der Waals surface area contributed by atoms with E-state index in [2.05, 4.69) is 5.32 Å². The van der Waals surface area contributed by atoms with Crippen LogP contribution >= 0.6 is 11.3 Å². The zero-order valence-corrected chi connectivity index (χ0v) is 14.1. The number of nitrogens with zero attached hydrogens (tertiary/aromatic N) is 1. The predicted molar refractivity (Wildman–Crippen MR) is 91.3 cm³/mol. The summed E-state index contributed by atoms with van der Waals surface area (Å²) in [4.78, 5) is 22.8. The minimum atomic E-state index is -0.485. The van der Waals surface area contributed by atoms with E-state index in [1.807, 2.05) is 18.2 Å². The lowest BCUT2D eigenvalue weighted by Gasteiger charge is -2.23. The number of nitrogens with one attached hydrogen (secondary N) is 1. The van der Waals surface area contributed by atoms with Crippen LogP contribution < -0.4 is 14.8 Å². The number of rotatable bonds is 5. The smallest absolute Gasteiger partial charge is 0.324 e. The molecule has 1 atom stereocenters. The van der Waals surface area contributed by atoms with Gasteiger partial charge in [-0.1, -0.05) is 17.4 Å². The van der Waals surface area contributed by atoms with Crippen molar-refractivity contribution in [2.75, 3.05) is 13.2 Å². The Hall–Kier alpha value is -2.61. The van der Waals surface area contributed by atoms with Gasteiger partial charge in [-0.3, -0.25) is 14.9 Å². The van der Waals surface area contributed by atoms with Crippen molar-refractivity contribution in [3.8, 4) is 11.5 Å². The van der Waals surface area contributed by atoms with E-state index in [0.717, 1.165) is 29.7 Å². The normalized spacial score (nSPS) is 17.0. The molecule has 1 aliphatic heterocycles. The van der Waals surface area contributed by atoms with Crippen LogP contribution in [0.25, 0.3) is 0 Å². The van der Waals surface area contributed by atoms with Gasteiger partial charge in [0.25, 0.3) is 5.91 Å². The van der Waals surface area contributed by atoms with Gasteiger partial charge in [-0.25, -0.2) is 0 Å². The van der Waals surface area contributed by atoms with E-state index in [1.54, 1.807) is 0 Å². The van der Waals surface area contributed by atoms with Crippen LogP contribution in [0.15, 0.2) is 29.6 Å². The summed E-state index contributed by atoms with van der Waals surface area (Å²) in [5.74, 6) is 1.48. The van der Waals surface area contributed by atoms with E-state index in [4.69, 9.17) is 9.47 Å². The quantitative estimate of drug-likeness (QED) is 0.652. The molecule has 7 nitrogen and oxygen atoms in total. The second-order valence-corrected chi connectivity index (χ2v) is 7.01. The molecule has 8 heteroatoms. The Morgan fingerprint density at radius 2 is 2.00 bits per heavy atom. The molecule has 2 aliphatic rings. The van der Waals surface area contributed by atoms with Crippen molar-refractivity contribution in [2.24, 2.45) is 5.92 Å². The van der Waals surface area contributed by atoms with Crippen molar-refractivity contribution in [1.29, 1.82) is 0 Å². The number of carbonyl (C=O) groups is 1. The van der Waals surface area contributed by atoms with E-state index in [1.165, 1.54) is 11.4 Å². The lowest BCUT2D eigenvalue weighted by atomic mass is 10.0. The fourth-order valence-corrected chi connectivity index (χ4v) is 3.62. The highest BCUT2D eigenvalue weighted by Gasteiger charge is 2.34. The van der Waals surface area contributed by atoms with Gasteiger partial charge >= 0.3 is 5.00 Å². The highest BCUT2D eigenvalue weighted by molar-refractivity contribution is 7.13. The molecule has 1 saturated carbocycles. The van der Waals surface area contributed by atoms with Crippen molar-refractivity contribution in [3.05, 3.63) is 50.9 Å². The number of fused-ring (bicyclic) bond motifs is 1. The fourth-order valence-electron chi connectivity index (χ4n) is 2.92. The van der Waals surface area contributed by atoms with Crippen molar-refractivity contribution in [2.45, 2.75) is 18.9 Å². The van der Waals surface area contributed by atoms with Gasteiger partial charge < -0.3 is 14.8 Å². The molecular weight excluding hydrogens is 344 g/mol. The van der Waals surface area contributed by atoms with Gasteiger partial charge in [0.15, 0.2) is 11.5 Å². The van der Waals surface area contributed by atoms with Gasteiger partial charge in [0, 0.05) is 11.4 Å². The summed E-state index contributed by atoms with van der Waals surface area (Å²) in [7, 11) is 0. The zero-order valence-electron chi connectivity index (χ0n) is 13.3. The van der Waals surface area contributed by atoms with Crippen LogP contribution in [-0.2, 0) is 0 Å². The van der Waals surface area contributed by atoms with E-state index in [-0.39, 0.29) is 17.0 Å². The number of carbonyl (C=O) groups excluding carboxylic acids is 1. The standard InChI is InChI=1S/C17H16N2O5S/c20-17(12-8-15(19(21)22)25-9-12)18-16(10-1-2-10)11-3-4-13-14(7-11)24-6-5-23-13/h3-4,7-10,16H,1-2,5-6H2,(H,18,20). The summed E-state index contributed by atoms with van der Waals surface area (Å²) in [5, 5.41) is 15.3. The van der Waals surface area contributed by atoms with Gasteiger partial charge in [-0.05, 0) is 36.5 Å². The minimum absolute atomic E-state index is 0.0348. The molecule has 1 amide bonds. The monoisotopic (exact) mass is 360 g/mol. The lowest BCUT2D eigenvalue weighted by molar-refractivity contribution is -0.380. The third kappa shape index (κ3) is 3.30. The second kappa shape index (κ2) is 6.36. The number of benzene rings is 1. The zero-order chi connectivity index (χ0) is 17.4. The first kappa shape index (κ1) is 15.9. The summed E-state index contributed by atoms with van der Waals surface area (Å²) >= 11 is 0.955. The van der Waals surface area contributed by atoms with Crippen LogP contribution in [-0.4, -0.2) is 24.0 Å². The minimum Gasteiger partial charge on any atom is -0.486 e. The highest BCUT2D eigenvalue weighted by atomic mass is 32.1. The van der Waals surface area contributed by atoms with Gasteiger partial charge in [0.05, 0.1) is 16.5 Å². The van der Waals surface area contributed by atoms with E-state index in [9.17, 15) is 14.9 Å². The maximum absolute atomic E-state index is 12.5. The van der Waals surface area contributed by atoms with Crippen LogP contribution in [0.5, 0.6) is 11.5 Å². The SMILES string of the molecule is O=C(NC(c1ccc2c(c1)OCCO2)C1CC1)c1csc([N+](=O)[O-])c1. The lowest BCUT2D eigenvalue weighted by Crippen LogP contribution is -2.29. The van der Waals surface area contributed by atoms with Gasteiger partial charge in [-0.2, -0.15) is 0 Å². The summed E-state index contributed by atoms with van der Waals surface area (Å²) < 4.78 is 11.2. The molecule has 2 aromatic rings. The van der Waals surface area contributed by atoms with Crippen LogP contribution in [0, 0.1) is 16.0 Å². The van der Waals surface area contributed by atoms with Crippen molar-refractivity contribution in [3.63, 3.8) is 0 Å². The number of nitro groups is 1. The van der Waals surface area contributed by atoms with Crippen LogP contribution in [0.3, 0.4) is 0 Å². The summed E-state index contributed by atoms with van der Waals surface area (Å²) in [6.45, 7) is 1.04. The topological polar surface area (TPSA) is 90.7 Å². The van der Waals surface area contributed by atoms with Gasteiger partial charge in [0.2, 0.25) is 0 Å². The highest BCUT2D eigenvalue weighted by Crippen LogP contribution is 2.43. The number of hydrogen-bond donors (Lipinski definition) is 1. The Kier molecular flexibility index (Phi) is 4.04. The Morgan fingerprint density at radius 3 is 2.68 bits per heavy atom. The molecule has 0 saturated heterocycles. The average Bonchev–Trinajstić information content (AvgIpc) is 3.33. The van der Waals surface area contributed by atoms with Gasteiger partial charge in [0.1, 0.15) is 13.2 Å². The molecule has 130 valence electrons. The Morgan fingerprint density at radius 1 is 1.24 bits per heavy atom. The van der Waals surface area contributed by atoms with Crippen LogP contribution in [0.2, 0.25) is 0 Å². The maximum atomic E-state index is 12.5. The molecule has 2 heterocycles. The number of hydrogen-bond acceptors (Lipinski definition) is 6. The molecular formula is C17H16N2O5S. The third-order valence-electron chi connectivity index (χ3n) is 4.33. The first-order valence-corrected chi connectivity index (χ1v) is 8.93. The molecule has 0 radical (unpaired) electrons. The fraction of sp³-hybridized carbons (Fsp3) is 0.353. The predicted octanol–water partition coefficient (Wildman–Crippen LogP) is 3.31. The largest absolute Gasteiger partial charge is 0.486 e. The maximum Gasteiger partial charge on any atom is 0.324 e. The Labute approximate surface area is 147 Å². The average molecular weight is 360 g/mol. The van der Waals surface area contributed by atoms with E-state index in [0.29, 0.717) is 36.2 Å². The van der Waals surface area contributed by atoms with Crippen molar-refractivity contribution in [1.82, 2.24) is 5.32 Å². The molecule has 1 N–H and O–H groups in total. The molecule has 0 spiro atoms. The molecule has 0 bridgehead atoms.